The van der Waals surface area contributed by atoms with Gasteiger partial charge in [0.05, 0.1) is 10.2 Å². The van der Waals surface area contributed by atoms with Crippen LogP contribution in [0.25, 0.3) is 20.8 Å². The minimum Gasteiger partial charge on any atom is -0.313 e. The fourth-order valence-corrected chi connectivity index (χ4v) is 6.66. The molecular formula is C23H22ClN3OS3. The first-order valence-corrected chi connectivity index (χ1v) is 12.6. The molecule has 5 rings (SSSR count). The van der Waals surface area contributed by atoms with Crippen LogP contribution in [0.15, 0.2) is 53.4 Å². The zero-order valence-corrected chi connectivity index (χ0v) is 20.4. The van der Waals surface area contributed by atoms with E-state index in [1.807, 2.05) is 48.7 Å². The average Bonchev–Trinajstić information content (AvgIpc) is 3.33. The Bertz CT molecular complexity index is 1220. The Kier molecular flexibility index (Phi) is 6.69. The maximum atomic E-state index is 13.1. The summed E-state index contributed by atoms with van der Waals surface area (Å²) in [6.45, 7) is 1.93. The number of carbonyl (C=O) groups excluding carboxylic acids is 1. The standard InChI is InChI=1S/C23H21N3OS3.ClH/c1-26-11-10-16-19(13-26)30-23(25-21(27)14-6-5-7-15(12-14)28-2)20(16)22-24-17-8-3-4-9-18(17)29-22;/h3-9,12H,10-11,13H2,1-2H3,(H,25,27);1H. The summed E-state index contributed by atoms with van der Waals surface area (Å²) in [5.41, 5.74) is 4.14. The lowest BCUT2D eigenvalue weighted by molar-refractivity contribution is 0.102. The van der Waals surface area contributed by atoms with E-state index >= 15 is 0 Å². The second-order valence-corrected chi connectivity index (χ2v) is 10.4. The number of thiazole rings is 1. The minimum absolute atomic E-state index is 0. The van der Waals surface area contributed by atoms with Crippen LogP contribution in [0, 0.1) is 0 Å². The molecule has 1 amide bonds. The van der Waals surface area contributed by atoms with Crippen molar-refractivity contribution in [2.24, 2.45) is 0 Å². The number of carbonyl (C=O) groups is 1. The average molecular weight is 488 g/mol. The van der Waals surface area contributed by atoms with Crippen molar-refractivity contribution in [3.63, 3.8) is 0 Å². The van der Waals surface area contributed by atoms with Crippen LogP contribution in [-0.4, -0.2) is 35.6 Å². The van der Waals surface area contributed by atoms with E-state index in [9.17, 15) is 4.79 Å². The SMILES string of the molecule is CSc1cccc(C(=O)Nc2sc3c(c2-c2nc4ccccc4s2)CCN(C)C3)c1.Cl. The molecule has 31 heavy (non-hydrogen) atoms. The summed E-state index contributed by atoms with van der Waals surface area (Å²) < 4.78 is 1.17. The Morgan fingerprint density at radius 2 is 2.00 bits per heavy atom. The van der Waals surface area contributed by atoms with Gasteiger partial charge in [-0.3, -0.25) is 4.79 Å². The highest BCUT2D eigenvalue weighted by atomic mass is 35.5. The molecule has 0 spiro atoms. The fraction of sp³-hybridized carbons (Fsp3) is 0.217. The minimum atomic E-state index is -0.0692. The highest BCUT2D eigenvalue weighted by Gasteiger charge is 2.27. The van der Waals surface area contributed by atoms with Gasteiger partial charge in [-0.25, -0.2) is 4.98 Å². The van der Waals surface area contributed by atoms with Crippen LogP contribution >= 0.6 is 46.8 Å². The van der Waals surface area contributed by atoms with Gasteiger partial charge in [-0.1, -0.05) is 18.2 Å². The molecule has 0 radical (unpaired) electrons. The van der Waals surface area contributed by atoms with Crippen LogP contribution in [0.1, 0.15) is 20.8 Å². The number of fused-ring (bicyclic) bond motifs is 2. The van der Waals surface area contributed by atoms with Gasteiger partial charge in [-0.15, -0.1) is 46.8 Å². The van der Waals surface area contributed by atoms with Crippen molar-refractivity contribution < 1.29 is 4.79 Å². The molecule has 0 aliphatic carbocycles. The molecule has 2 aromatic heterocycles. The second-order valence-electron chi connectivity index (χ2n) is 7.37. The van der Waals surface area contributed by atoms with Gasteiger partial charge in [0.15, 0.2) is 0 Å². The van der Waals surface area contributed by atoms with Crippen molar-refractivity contribution in [3.05, 3.63) is 64.5 Å². The van der Waals surface area contributed by atoms with E-state index in [4.69, 9.17) is 4.98 Å². The van der Waals surface area contributed by atoms with E-state index in [1.165, 1.54) is 15.1 Å². The Labute approximate surface area is 200 Å². The van der Waals surface area contributed by atoms with E-state index < -0.39 is 0 Å². The predicted octanol–water partition coefficient (Wildman–Crippen LogP) is 6.41. The lowest BCUT2D eigenvalue weighted by atomic mass is 10.0. The van der Waals surface area contributed by atoms with Crippen molar-refractivity contribution in [3.8, 4) is 10.6 Å². The highest BCUT2D eigenvalue weighted by Crippen LogP contribution is 2.45. The summed E-state index contributed by atoms with van der Waals surface area (Å²) in [5.74, 6) is -0.0692. The van der Waals surface area contributed by atoms with Crippen LogP contribution < -0.4 is 5.32 Å². The van der Waals surface area contributed by atoms with Crippen LogP contribution in [0.4, 0.5) is 5.00 Å². The summed E-state index contributed by atoms with van der Waals surface area (Å²) in [6, 6.07) is 16.0. The van der Waals surface area contributed by atoms with E-state index in [1.54, 1.807) is 34.4 Å². The smallest absolute Gasteiger partial charge is 0.256 e. The Morgan fingerprint density at radius 3 is 2.81 bits per heavy atom. The summed E-state index contributed by atoms with van der Waals surface area (Å²) in [6.07, 6.45) is 3.00. The molecule has 0 bridgehead atoms. The molecule has 2 aromatic carbocycles. The Hall–Kier alpha value is -1.90. The number of anilines is 1. The maximum absolute atomic E-state index is 13.1. The van der Waals surface area contributed by atoms with Gasteiger partial charge < -0.3 is 10.2 Å². The van der Waals surface area contributed by atoms with Gasteiger partial charge in [-0.2, -0.15) is 0 Å². The van der Waals surface area contributed by atoms with E-state index in [2.05, 4.69) is 23.3 Å². The number of nitrogens with zero attached hydrogens (tertiary/aromatic N) is 2. The number of amides is 1. The van der Waals surface area contributed by atoms with Gasteiger partial charge in [0.25, 0.3) is 5.91 Å². The van der Waals surface area contributed by atoms with E-state index in [-0.39, 0.29) is 18.3 Å². The van der Waals surface area contributed by atoms with Gasteiger partial charge in [0, 0.05) is 34.0 Å². The number of halogens is 1. The van der Waals surface area contributed by atoms with E-state index in [0.29, 0.717) is 5.56 Å². The lowest BCUT2D eigenvalue weighted by Crippen LogP contribution is -2.25. The molecule has 4 nitrogen and oxygen atoms in total. The molecule has 1 N–H and O–H groups in total. The van der Waals surface area contributed by atoms with Gasteiger partial charge in [0.1, 0.15) is 10.0 Å². The van der Waals surface area contributed by atoms with Crippen molar-refractivity contribution in [2.45, 2.75) is 17.9 Å². The molecule has 3 heterocycles. The van der Waals surface area contributed by atoms with Gasteiger partial charge >= 0.3 is 0 Å². The molecule has 0 unspecified atom stereocenters. The third-order valence-electron chi connectivity index (χ3n) is 5.31. The highest BCUT2D eigenvalue weighted by molar-refractivity contribution is 7.98. The Morgan fingerprint density at radius 1 is 1.16 bits per heavy atom. The third-order valence-corrected chi connectivity index (χ3v) is 8.23. The number of hydrogen-bond acceptors (Lipinski definition) is 6. The summed E-state index contributed by atoms with van der Waals surface area (Å²) in [5, 5.41) is 5.11. The zero-order chi connectivity index (χ0) is 20.7. The molecule has 0 fully saturated rings. The van der Waals surface area contributed by atoms with Crippen LogP contribution in [0.3, 0.4) is 0 Å². The molecule has 8 heteroatoms. The molecule has 0 saturated heterocycles. The van der Waals surface area contributed by atoms with Crippen LogP contribution in [0.2, 0.25) is 0 Å². The van der Waals surface area contributed by atoms with E-state index in [0.717, 1.165) is 45.5 Å². The first kappa shape index (κ1) is 22.3. The summed E-state index contributed by atoms with van der Waals surface area (Å²) in [7, 11) is 2.15. The molecule has 160 valence electrons. The van der Waals surface area contributed by atoms with Gasteiger partial charge in [0.2, 0.25) is 0 Å². The largest absolute Gasteiger partial charge is 0.313 e. The van der Waals surface area contributed by atoms with Crippen LogP contribution in [0.5, 0.6) is 0 Å². The number of benzene rings is 2. The van der Waals surface area contributed by atoms with Crippen molar-refractivity contribution in [1.82, 2.24) is 9.88 Å². The first-order chi connectivity index (χ1) is 14.6. The van der Waals surface area contributed by atoms with Crippen molar-refractivity contribution in [1.29, 1.82) is 0 Å². The fourth-order valence-electron chi connectivity index (χ4n) is 3.76. The zero-order valence-electron chi connectivity index (χ0n) is 17.2. The molecule has 0 saturated carbocycles. The number of para-hydroxylation sites is 1. The predicted molar refractivity (Wildman–Crippen MR) is 136 cm³/mol. The van der Waals surface area contributed by atoms with Crippen molar-refractivity contribution in [2.75, 3.05) is 25.2 Å². The molecule has 1 aliphatic heterocycles. The number of likely N-dealkylation sites (N-methyl/N-ethyl adjacent to an activating group) is 1. The van der Waals surface area contributed by atoms with Gasteiger partial charge in [-0.05, 0) is 55.6 Å². The number of nitrogens with one attached hydrogen (secondary N) is 1. The number of thioether (sulfide) groups is 1. The number of hydrogen-bond donors (Lipinski definition) is 1. The maximum Gasteiger partial charge on any atom is 0.256 e. The first-order valence-electron chi connectivity index (χ1n) is 9.77. The summed E-state index contributed by atoms with van der Waals surface area (Å²) in [4.78, 5) is 22.7. The Balaban J connectivity index is 0.00000231. The molecular weight excluding hydrogens is 466 g/mol. The molecule has 0 atom stereocenters. The van der Waals surface area contributed by atoms with Crippen LogP contribution in [-0.2, 0) is 13.0 Å². The monoisotopic (exact) mass is 487 g/mol. The lowest BCUT2D eigenvalue weighted by Gasteiger charge is -2.22. The second kappa shape index (κ2) is 9.30. The normalized spacial score (nSPS) is 13.6. The number of rotatable bonds is 4. The molecule has 4 aromatic rings. The van der Waals surface area contributed by atoms with Crippen molar-refractivity contribution >= 4 is 68.0 Å². The number of aromatic nitrogens is 1. The topological polar surface area (TPSA) is 45.2 Å². The summed E-state index contributed by atoms with van der Waals surface area (Å²) >= 11 is 5.03. The third kappa shape index (κ3) is 4.38. The quantitative estimate of drug-likeness (QED) is 0.338. The molecule has 1 aliphatic rings. The number of thiophene rings is 1.